The molecule has 0 aliphatic rings. The smallest absolute Gasteiger partial charge is 0.0923 e. The Balaban J connectivity index is 2.27. The van der Waals surface area contributed by atoms with Crippen molar-refractivity contribution >= 4 is 22.6 Å². The van der Waals surface area contributed by atoms with Crippen LogP contribution in [0.15, 0.2) is 30.3 Å². The molecule has 1 N–H and O–H groups in total. The van der Waals surface area contributed by atoms with Gasteiger partial charge in [0, 0.05) is 22.2 Å². The highest BCUT2D eigenvalue weighted by atomic mass is 127. The van der Waals surface area contributed by atoms with E-state index in [1.807, 2.05) is 48.9 Å². The van der Waals surface area contributed by atoms with Crippen molar-refractivity contribution in [3.63, 3.8) is 0 Å². The fraction of sp³-hybridized carbons (Fsp3) is 0.400. The molecule has 3 nitrogen and oxygen atoms in total. The number of rotatable bonds is 4. The monoisotopic (exact) mass is 370 g/mol. The van der Waals surface area contributed by atoms with Gasteiger partial charge >= 0.3 is 0 Å². The van der Waals surface area contributed by atoms with E-state index in [4.69, 9.17) is 0 Å². The van der Waals surface area contributed by atoms with Crippen LogP contribution in [-0.4, -0.2) is 14.9 Å². The fourth-order valence-electron chi connectivity index (χ4n) is 2.28. The van der Waals surface area contributed by atoms with E-state index in [0.29, 0.717) is 6.42 Å². The Morgan fingerprint density at radius 1 is 1.32 bits per heavy atom. The highest BCUT2D eigenvalue weighted by molar-refractivity contribution is 14.1. The fourth-order valence-corrected chi connectivity index (χ4v) is 2.64. The third kappa shape index (κ3) is 3.36. The molecule has 1 aromatic heterocycles. The van der Waals surface area contributed by atoms with Gasteiger partial charge in [0.05, 0.1) is 11.3 Å². The van der Waals surface area contributed by atoms with Crippen molar-refractivity contribution in [1.82, 2.24) is 9.78 Å². The molecule has 0 amide bonds. The minimum Gasteiger partial charge on any atom is -0.385 e. The van der Waals surface area contributed by atoms with Crippen LogP contribution in [-0.2, 0) is 18.6 Å². The van der Waals surface area contributed by atoms with Crippen molar-refractivity contribution in [3.8, 4) is 0 Å². The molecule has 102 valence electrons. The molecule has 1 aromatic carbocycles. The molecule has 1 atom stereocenters. The summed E-state index contributed by atoms with van der Waals surface area (Å²) in [5.41, 5.74) is 2.14. The Bertz CT molecular complexity index is 558. The number of halogens is 1. The molecule has 0 fully saturated rings. The van der Waals surface area contributed by atoms with Gasteiger partial charge in [-0.3, -0.25) is 4.68 Å². The van der Waals surface area contributed by atoms with Gasteiger partial charge in [-0.1, -0.05) is 12.1 Å². The normalized spacial score (nSPS) is 14.4. The highest BCUT2D eigenvalue weighted by Gasteiger charge is 2.25. The minimum atomic E-state index is -0.871. The maximum Gasteiger partial charge on any atom is 0.0923 e. The maximum atomic E-state index is 10.7. The van der Waals surface area contributed by atoms with Gasteiger partial charge in [0.25, 0.3) is 0 Å². The molecule has 0 radical (unpaired) electrons. The minimum absolute atomic E-state index is 0.572. The van der Waals surface area contributed by atoms with Gasteiger partial charge in [-0.15, -0.1) is 0 Å². The zero-order valence-corrected chi connectivity index (χ0v) is 13.7. The molecule has 1 unspecified atom stereocenters. The molecule has 0 saturated carbocycles. The van der Waals surface area contributed by atoms with Crippen LogP contribution in [0.4, 0.5) is 0 Å². The molecule has 0 aliphatic heterocycles. The lowest BCUT2D eigenvalue weighted by molar-refractivity contribution is 0.0554. The van der Waals surface area contributed by atoms with E-state index in [-0.39, 0.29) is 0 Å². The highest BCUT2D eigenvalue weighted by Crippen LogP contribution is 2.26. The first-order valence-corrected chi connectivity index (χ1v) is 7.52. The number of hydrogen-bond acceptors (Lipinski definition) is 2. The maximum absolute atomic E-state index is 10.7. The molecule has 0 saturated heterocycles. The predicted octanol–water partition coefficient (Wildman–Crippen LogP) is 3.27. The van der Waals surface area contributed by atoms with Crippen LogP contribution in [0.1, 0.15) is 30.8 Å². The van der Waals surface area contributed by atoms with Crippen molar-refractivity contribution < 1.29 is 5.11 Å². The third-order valence-electron chi connectivity index (χ3n) is 3.28. The van der Waals surface area contributed by atoms with Gasteiger partial charge < -0.3 is 5.11 Å². The molecular formula is C15H19IN2O. The molecule has 0 aliphatic carbocycles. The van der Waals surface area contributed by atoms with Crippen LogP contribution in [0.2, 0.25) is 0 Å². The Morgan fingerprint density at radius 3 is 2.53 bits per heavy atom. The standard InChI is InChI=1S/C15H19IN2O/c1-4-18-14(9-11(2)17-18)10-15(3,19)12-5-7-13(16)8-6-12/h5-9,19H,4,10H2,1-3H3. The average Bonchev–Trinajstić information content (AvgIpc) is 2.69. The van der Waals surface area contributed by atoms with Crippen molar-refractivity contribution in [2.75, 3.05) is 0 Å². The quantitative estimate of drug-likeness (QED) is 0.839. The van der Waals surface area contributed by atoms with Crippen LogP contribution in [0, 0.1) is 10.5 Å². The lowest BCUT2D eigenvalue weighted by Gasteiger charge is -2.24. The van der Waals surface area contributed by atoms with Crippen LogP contribution >= 0.6 is 22.6 Å². The van der Waals surface area contributed by atoms with Crippen LogP contribution in [0.3, 0.4) is 0 Å². The second-order valence-electron chi connectivity index (χ2n) is 5.05. The van der Waals surface area contributed by atoms with E-state index in [9.17, 15) is 5.11 Å². The summed E-state index contributed by atoms with van der Waals surface area (Å²) < 4.78 is 3.13. The number of aliphatic hydroxyl groups is 1. The van der Waals surface area contributed by atoms with Gasteiger partial charge in [-0.2, -0.15) is 5.10 Å². The molecular weight excluding hydrogens is 351 g/mol. The summed E-state index contributed by atoms with van der Waals surface area (Å²) in [7, 11) is 0. The summed E-state index contributed by atoms with van der Waals surface area (Å²) in [5.74, 6) is 0. The molecule has 2 aromatic rings. The Kier molecular flexibility index (Phi) is 4.30. The molecule has 0 bridgehead atoms. The van der Waals surface area contributed by atoms with E-state index in [2.05, 4.69) is 34.6 Å². The van der Waals surface area contributed by atoms with Gasteiger partial charge in [0.2, 0.25) is 0 Å². The first kappa shape index (κ1) is 14.5. The predicted molar refractivity (Wildman–Crippen MR) is 85.1 cm³/mol. The summed E-state index contributed by atoms with van der Waals surface area (Å²) in [6, 6.07) is 10.1. The topological polar surface area (TPSA) is 38.0 Å². The number of benzene rings is 1. The van der Waals surface area contributed by atoms with Gasteiger partial charge in [-0.25, -0.2) is 0 Å². The van der Waals surface area contributed by atoms with Gasteiger partial charge in [0.15, 0.2) is 0 Å². The van der Waals surface area contributed by atoms with E-state index in [1.54, 1.807) is 0 Å². The van der Waals surface area contributed by atoms with Crippen molar-refractivity contribution in [3.05, 3.63) is 50.9 Å². The van der Waals surface area contributed by atoms with Gasteiger partial charge in [-0.05, 0) is 67.1 Å². The van der Waals surface area contributed by atoms with Crippen LogP contribution < -0.4 is 0 Å². The zero-order chi connectivity index (χ0) is 14.0. The van der Waals surface area contributed by atoms with E-state index in [1.165, 1.54) is 3.57 Å². The molecule has 4 heteroatoms. The third-order valence-corrected chi connectivity index (χ3v) is 4.00. The SMILES string of the molecule is CCn1nc(C)cc1CC(C)(O)c1ccc(I)cc1. The van der Waals surface area contributed by atoms with Gasteiger partial charge in [0.1, 0.15) is 0 Å². The number of hydrogen-bond donors (Lipinski definition) is 1. The van der Waals surface area contributed by atoms with Crippen molar-refractivity contribution in [1.29, 1.82) is 0 Å². The lowest BCUT2D eigenvalue weighted by Crippen LogP contribution is -2.25. The summed E-state index contributed by atoms with van der Waals surface area (Å²) in [6.45, 7) is 6.73. The number of nitrogens with zero attached hydrogens (tertiary/aromatic N) is 2. The summed E-state index contributed by atoms with van der Waals surface area (Å²) in [4.78, 5) is 0. The largest absolute Gasteiger partial charge is 0.385 e. The summed E-state index contributed by atoms with van der Waals surface area (Å²) in [5, 5.41) is 15.1. The zero-order valence-electron chi connectivity index (χ0n) is 11.5. The Labute approximate surface area is 127 Å². The average molecular weight is 370 g/mol. The Hall–Kier alpha value is -0.880. The summed E-state index contributed by atoms with van der Waals surface area (Å²) >= 11 is 2.27. The van der Waals surface area contributed by atoms with Crippen molar-refractivity contribution in [2.24, 2.45) is 0 Å². The lowest BCUT2D eigenvalue weighted by atomic mass is 9.91. The molecule has 2 rings (SSSR count). The van der Waals surface area contributed by atoms with Crippen LogP contribution in [0.5, 0.6) is 0 Å². The summed E-state index contributed by atoms with van der Waals surface area (Å²) in [6.07, 6.45) is 0.572. The first-order valence-electron chi connectivity index (χ1n) is 6.44. The number of aromatic nitrogens is 2. The van der Waals surface area contributed by atoms with E-state index in [0.717, 1.165) is 23.5 Å². The Morgan fingerprint density at radius 2 is 1.95 bits per heavy atom. The van der Waals surface area contributed by atoms with Crippen molar-refractivity contribution in [2.45, 2.75) is 39.3 Å². The van der Waals surface area contributed by atoms with E-state index >= 15 is 0 Å². The second kappa shape index (κ2) is 5.63. The van der Waals surface area contributed by atoms with Crippen LogP contribution in [0.25, 0.3) is 0 Å². The molecule has 0 spiro atoms. The molecule has 19 heavy (non-hydrogen) atoms. The van der Waals surface area contributed by atoms with E-state index < -0.39 is 5.60 Å². The first-order chi connectivity index (χ1) is 8.92. The number of aryl methyl sites for hydroxylation is 2. The second-order valence-corrected chi connectivity index (χ2v) is 6.30. The molecule has 1 heterocycles.